The summed E-state index contributed by atoms with van der Waals surface area (Å²) in [5, 5.41) is 3.59. The summed E-state index contributed by atoms with van der Waals surface area (Å²) in [5.74, 6) is 1.73. The van der Waals surface area contributed by atoms with Crippen LogP contribution >= 0.6 is 0 Å². The molecule has 19 heavy (non-hydrogen) atoms. The van der Waals surface area contributed by atoms with Gasteiger partial charge in [0, 0.05) is 25.2 Å². The van der Waals surface area contributed by atoms with Crippen LogP contribution in [0.4, 0.5) is 5.69 Å². The quantitative estimate of drug-likeness (QED) is 0.886. The predicted octanol–water partition coefficient (Wildman–Crippen LogP) is 2.60. The highest BCUT2D eigenvalue weighted by atomic mass is 16.5. The van der Waals surface area contributed by atoms with Crippen molar-refractivity contribution in [2.45, 2.75) is 25.8 Å². The highest BCUT2D eigenvalue weighted by molar-refractivity contribution is 5.60. The van der Waals surface area contributed by atoms with Gasteiger partial charge in [-0.15, -0.1) is 0 Å². The fourth-order valence-electron chi connectivity index (χ4n) is 2.54. The van der Waals surface area contributed by atoms with E-state index in [9.17, 15) is 0 Å². The molecular weight excluding hydrogens is 240 g/mol. The monoisotopic (exact) mass is 264 g/mol. The molecule has 0 amide bonds. The second-order valence-electron chi connectivity index (χ2n) is 4.92. The summed E-state index contributed by atoms with van der Waals surface area (Å²) in [6.45, 7) is 5.70. The van der Waals surface area contributed by atoms with Gasteiger partial charge in [-0.2, -0.15) is 0 Å². The molecule has 0 bridgehead atoms. The lowest BCUT2D eigenvalue weighted by atomic mass is 10.0. The fraction of sp³-hybridized carbons (Fsp3) is 0.600. The summed E-state index contributed by atoms with van der Waals surface area (Å²) in [6.07, 6.45) is 2.35. The van der Waals surface area contributed by atoms with Crippen LogP contribution in [0.15, 0.2) is 18.2 Å². The number of hydrogen-bond donors (Lipinski definition) is 1. The smallest absolute Gasteiger partial charge is 0.142 e. The van der Waals surface area contributed by atoms with Gasteiger partial charge in [0.05, 0.1) is 19.9 Å². The van der Waals surface area contributed by atoms with E-state index in [4.69, 9.17) is 9.47 Å². The number of methoxy groups -OCH3 is 2. The van der Waals surface area contributed by atoms with E-state index in [0.717, 1.165) is 23.7 Å². The van der Waals surface area contributed by atoms with Gasteiger partial charge in [0.15, 0.2) is 0 Å². The van der Waals surface area contributed by atoms with E-state index in [-0.39, 0.29) is 0 Å². The summed E-state index contributed by atoms with van der Waals surface area (Å²) >= 11 is 0. The zero-order chi connectivity index (χ0) is 13.7. The molecule has 4 nitrogen and oxygen atoms in total. The van der Waals surface area contributed by atoms with Crippen molar-refractivity contribution in [3.05, 3.63) is 18.2 Å². The Kier molecular flexibility index (Phi) is 4.91. The lowest BCUT2D eigenvalue weighted by Gasteiger charge is -2.32. The van der Waals surface area contributed by atoms with Gasteiger partial charge in [-0.1, -0.05) is 6.92 Å². The van der Waals surface area contributed by atoms with E-state index >= 15 is 0 Å². The van der Waals surface area contributed by atoms with Gasteiger partial charge >= 0.3 is 0 Å². The van der Waals surface area contributed by atoms with E-state index in [1.165, 1.54) is 25.9 Å². The Bertz CT molecular complexity index is 401. The molecule has 1 aliphatic rings. The minimum atomic E-state index is 0.517. The minimum Gasteiger partial charge on any atom is -0.497 e. The highest BCUT2D eigenvalue weighted by Crippen LogP contribution is 2.30. The molecule has 0 aliphatic carbocycles. The van der Waals surface area contributed by atoms with Crippen molar-refractivity contribution >= 4 is 5.69 Å². The number of likely N-dealkylation sites (tertiary alicyclic amines) is 1. The minimum absolute atomic E-state index is 0.517. The molecule has 0 radical (unpaired) electrons. The van der Waals surface area contributed by atoms with Gasteiger partial charge in [0.2, 0.25) is 0 Å². The Morgan fingerprint density at radius 2 is 1.95 bits per heavy atom. The largest absolute Gasteiger partial charge is 0.497 e. The predicted molar refractivity (Wildman–Crippen MR) is 78.3 cm³/mol. The van der Waals surface area contributed by atoms with Gasteiger partial charge in [-0.25, -0.2) is 0 Å². The zero-order valence-electron chi connectivity index (χ0n) is 12.1. The van der Waals surface area contributed by atoms with Crippen LogP contribution < -0.4 is 14.8 Å². The number of nitrogens with one attached hydrogen (secondary N) is 1. The Labute approximate surface area is 115 Å². The van der Waals surface area contributed by atoms with Crippen molar-refractivity contribution in [3.63, 3.8) is 0 Å². The van der Waals surface area contributed by atoms with E-state index in [1.807, 2.05) is 18.2 Å². The number of nitrogens with zero attached hydrogens (tertiary/aromatic N) is 1. The van der Waals surface area contributed by atoms with Crippen LogP contribution in [0.2, 0.25) is 0 Å². The maximum absolute atomic E-state index is 5.40. The zero-order valence-corrected chi connectivity index (χ0v) is 12.1. The average Bonchev–Trinajstić information content (AvgIpc) is 2.48. The van der Waals surface area contributed by atoms with Crippen LogP contribution in [0.3, 0.4) is 0 Å². The molecule has 0 unspecified atom stereocenters. The standard InChI is InChI=1S/C15H24N2O2/c1-4-17-9-7-12(8-10-17)16-14-11-13(18-2)5-6-15(14)19-3/h5-6,11-12,16H,4,7-10H2,1-3H3. The topological polar surface area (TPSA) is 33.7 Å². The third-order valence-electron chi connectivity index (χ3n) is 3.80. The van der Waals surface area contributed by atoms with Crippen molar-refractivity contribution < 1.29 is 9.47 Å². The molecule has 1 fully saturated rings. The Hall–Kier alpha value is -1.42. The lowest BCUT2D eigenvalue weighted by Crippen LogP contribution is -2.38. The normalized spacial score (nSPS) is 17.2. The van der Waals surface area contributed by atoms with E-state index in [0.29, 0.717) is 6.04 Å². The lowest BCUT2D eigenvalue weighted by molar-refractivity contribution is 0.229. The molecule has 4 heteroatoms. The van der Waals surface area contributed by atoms with Crippen LogP contribution in [0.5, 0.6) is 11.5 Å². The molecule has 0 saturated carbocycles. The Balaban J connectivity index is 2.02. The second-order valence-corrected chi connectivity index (χ2v) is 4.92. The molecule has 2 rings (SSSR count). The molecule has 1 saturated heterocycles. The van der Waals surface area contributed by atoms with Crippen molar-refractivity contribution in [1.82, 2.24) is 4.90 Å². The highest BCUT2D eigenvalue weighted by Gasteiger charge is 2.19. The third-order valence-corrected chi connectivity index (χ3v) is 3.80. The average molecular weight is 264 g/mol. The van der Waals surface area contributed by atoms with Crippen LogP contribution in [-0.4, -0.2) is 44.8 Å². The van der Waals surface area contributed by atoms with Crippen molar-refractivity contribution in [1.29, 1.82) is 0 Å². The number of ether oxygens (including phenoxy) is 2. The van der Waals surface area contributed by atoms with E-state index in [1.54, 1.807) is 14.2 Å². The van der Waals surface area contributed by atoms with Crippen LogP contribution in [0.1, 0.15) is 19.8 Å². The van der Waals surface area contributed by atoms with Crippen LogP contribution in [0, 0.1) is 0 Å². The van der Waals surface area contributed by atoms with E-state index < -0.39 is 0 Å². The first kappa shape index (κ1) is 14.0. The van der Waals surface area contributed by atoms with Crippen molar-refractivity contribution in [2.24, 2.45) is 0 Å². The first-order valence-corrected chi connectivity index (χ1v) is 6.97. The summed E-state index contributed by atoms with van der Waals surface area (Å²) < 4.78 is 10.7. The SMILES string of the molecule is CCN1CCC(Nc2cc(OC)ccc2OC)CC1. The molecule has 1 aliphatic heterocycles. The van der Waals surface area contributed by atoms with Gasteiger partial charge in [0.25, 0.3) is 0 Å². The van der Waals surface area contributed by atoms with Crippen LogP contribution in [-0.2, 0) is 0 Å². The van der Waals surface area contributed by atoms with Crippen LogP contribution in [0.25, 0.3) is 0 Å². The fourth-order valence-corrected chi connectivity index (χ4v) is 2.54. The first-order valence-electron chi connectivity index (χ1n) is 6.97. The third kappa shape index (κ3) is 3.53. The number of piperidine rings is 1. The Morgan fingerprint density at radius 3 is 2.53 bits per heavy atom. The molecule has 0 atom stereocenters. The number of hydrogen-bond acceptors (Lipinski definition) is 4. The molecule has 1 N–H and O–H groups in total. The Morgan fingerprint density at radius 1 is 1.21 bits per heavy atom. The molecular formula is C15H24N2O2. The summed E-state index contributed by atoms with van der Waals surface area (Å²) in [6, 6.07) is 6.39. The van der Waals surface area contributed by atoms with Crippen molar-refractivity contribution in [3.8, 4) is 11.5 Å². The van der Waals surface area contributed by atoms with Crippen molar-refractivity contribution in [2.75, 3.05) is 39.2 Å². The summed E-state index contributed by atoms with van der Waals surface area (Å²) in [4.78, 5) is 2.49. The van der Waals surface area contributed by atoms with Gasteiger partial charge in [0.1, 0.15) is 11.5 Å². The number of rotatable bonds is 5. The number of anilines is 1. The summed E-state index contributed by atoms with van der Waals surface area (Å²) in [7, 11) is 3.39. The second kappa shape index (κ2) is 6.66. The molecule has 0 aromatic heterocycles. The molecule has 1 aromatic carbocycles. The molecule has 106 valence electrons. The van der Waals surface area contributed by atoms with Gasteiger partial charge < -0.3 is 19.7 Å². The number of benzene rings is 1. The molecule has 1 aromatic rings. The summed E-state index contributed by atoms with van der Waals surface area (Å²) in [5.41, 5.74) is 1.02. The van der Waals surface area contributed by atoms with Gasteiger partial charge in [-0.05, 0) is 31.5 Å². The maximum atomic E-state index is 5.40. The maximum Gasteiger partial charge on any atom is 0.142 e. The van der Waals surface area contributed by atoms with E-state index in [2.05, 4.69) is 17.1 Å². The first-order chi connectivity index (χ1) is 9.26. The molecule has 1 heterocycles. The van der Waals surface area contributed by atoms with Gasteiger partial charge in [-0.3, -0.25) is 0 Å². The molecule has 0 spiro atoms.